The summed E-state index contributed by atoms with van der Waals surface area (Å²) in [5, 5.41) is 3.09. The van der Waals surface area contributed by atoms with Gasteiger partial charge < -0.3 is 15.8 Å². The Balaban J connectivity index is 2.06. The fourth-order valence-corrected chi connectivity index (χ4v) is 1.85. The first-order chi connectivity index (χ1) is 9.72. The highest BCUT2D eigenvalue weighted by Crippen LogP contribution is 2.15. The summed E-state index contributed by atoms with van der Waals surface area (Å²) in [6, 6.07) is 12.9. The topological polar surface area (TPSA) is 77.2 Å². The fraction of sp³-hybridized carbons (Fsp3) is 0.200. The Labute approximate surface area is 117 Å². The SMILES string of the molecule is COC(=O)c1cccnc1NCC(N)c1ccccc1. The molecule has 0 amide bonds. The van der Waals surface area contributed by atoms with Crippen molar-refractivity contribution in [2.24, 2.45) is 5.73 Å². The third kappa shape index (κ3) is 3.33. The van der Waals surface area contributed by atoms with Gasteiger partial charge in [0.05, 0.1) is 7.11 Å². The molecule has 5 nitrogen and oxygen atoms in total. The molecule has 104 valence electrons. The monoisotopic (exact) mass is 271 g/mol. The molecule has 0 radical (unpaired) electrons. The summed E-state index contributed by atoms with van der Waals surface area (Å²) < 4.78 is 4.72. The van der Waals surface area contributed by atoms with E-state index in [1.807, 2.05) is 30.3 Å². The number of methoxy groups -OCH3 is 1. The molecule has 0 aliphatic carbocycles. The number of carbonyl (C=O) groups is 1. The second-order valence-electron chi connectivity index (χ2n) is 4.29. The van der Waals surface area contributed by atoms with Crippen molar-refractivity contribution < 1.29 is 9.53 Å². The molecular formula is C15H17N3O2. The van der Waals surface area contributed by atoms with E-state index in [4.69, 9.17) is 10.5 Å². The lowest BCUT2D eigenvalue weighted by atomic mass is 10.1. The van der Waals surface area contributed by atoms with Gasteiger partial charge in [0.15, 0.2) is 0 Å². The first-order valence-electron chi connectivity index (χ1n) is 6.30. The number of nitrogens with one attached hydrogen (secondary N) is 1. The number of hydrogen-bond acceptors (Lipinski definition) is 5. The van der Waals surface area contributed by atoms with E-state index in [9.17, 15) is 4.79 Å². The van der Waals surface area contributed by atoms with Gasteiger partial charge in [0, 0.05) is 18.8 Å². The zero-order valence-corrected chi connectivity index (χ0v) is 11.2. The van der Waals surface area contributed by atoms with Gasteiger partial charge in [-0.1, -0.05) is 30.3 Å². The van der Waals surface area contributed by atoms with Gasteiger partial charge in [-0.25, -0.2) is 9.78 Å². The van der Waals surface area contributed by atoms with Crippen LogP contribution in [0.3, 0.4) is 0 Å². The number of esters is 1. The van der Waals surface area contributed by atoms with E-state index in [0.29, 0.717) is 17.9 Å². The molecule has 0 saturated carbocycles. The van der Waals surface area contributed by atoms with Crippen molar-refractivity contribution in [3.63, 3.8) is 0 Å². The first-order valence-corrected chi connectivity index (χ1v) is 6.30. The van der Waals surface area contributed by atoms with Crippen molar-refractivity contribution in [1.29, 1.82) is 0 Å². The summed E-state index contributed by atoms with van der Waals surface area (Å²) in [4.78, 5) is 15.8. The highest BCUT2D eigenvalue weighted by molar-refractivity contribution is 5.94. The Kier molecular flexibility index (Phi) is 4.68. The second kappa shape index (κ2) is 6.68. The molecule has 1 atom stereocenters. The molecule has 1 aromatic carbocycles. The molecule has 1 unspecified atom stereocenters. The van der Waals surface area contributed by atoms with Gasteiger partial charge in [-0.05, 0) is 17.7 Å². The average molecular weight is 271 g/mol. The van der Waals surface area contributed by atoms with Gasteiger partial charge in [-0.15, -0.1) is 0 Å². The molecule has 2 rings (SSSR count). The second-order valence-corrected chi connectivity index (χ2v) is 4.29. The Morgan fingerprint density at radius 1 is 1.30 bits per heavy atom. The lowest BCUT2D eigenvalue weighted by Gasteiger charge is -2.15. The minimum atomic E-state index is -0.422. The molecule has 0 bridgehead atoms. The van der Waals surface area contributed by atoms with E-state index < -0.39 is 5.97 Å². The van der Waals surface area contributed by atoms with Gasteiger partial charge >= 0.3 is 5.97 Å². The number of nitrogens with two attached hydrogens (primary N) is 1. The molecule has 0 saturated heterocycles. The maximum atomic E-state index is 11.6. The zero-order valence-electron chi connectivity index (χ0n) is 11.2. The molecule has 1 aromatic heterocycles. The zero-order chi connectivity index (χ0) is 14.4. The van der Waals surface area contributed by atoms with Crippen LogP contribution < -0.4 is 11.1 Å². The molecule has 1 heterocycles. The fourth-order valence-electron chi connectivity index (χ4n) is 1.85. The summed E-state index contributed by atoms with van der Waals surface area (Å²) in [5.74, 6) is 0.0552. The number of nitrogens with zero attached hydrogens (tertiary/aromatic N) is 1. The standard InChI is InChI=1S/C15H17N3O2/c1-20-15(19)12-8-5-9-17-14(12)18-10-13(16)11-6-3-2-4-7-11/h2-9,13H,10,16H2,1H3,(H,17,18). The third-order valence-electron chi connectivity index (χ3n) is 2.93. The van der Waals surface area contributed by atoms with Crippen LogP contribution in [-0.4, -0.2) is 24.6 Å². The van der Waals surface area contributed by atoms with Gasteiger partial charge in [-0.3, -0.25) is 0 Å². The summed E-state index contributed by atoms with van der Waals surface area (Å²) in [5.41, 5.74) is 7.52. The smallest absolute Gasteiger partial charge is 0.341 e. The third-order valence-corrected chi connectivity index (χ3v) is 2.93. The molecule has 0 aliphatic heterocycles. The Hall–Kier alpha value is -2.40. The summed E-state index contributed by atoms with van der Waals surface area (Å²) >= 11 is 0. The number of pyridine rings is 1. The Bertz CT molecular complexity index is 572. The number of benzene rings is 1. The highest BCUT2D eigenvalue weighted by Gasteiger charge is 2.13. The molecule has 0 spiro atoms. The van der Waals surface area contributed by atoms with Crippen LogP contribution >= 0.6 is 0 Å². The lowest BCUT2D eigenvalue weighted by Crippen LogP contribution is -2.22. The Morgan fingerprint density at radius 2 is 2.05 bits per heavy atom. The van der Waals surface area contributed by atoms with E-state index in [2.05, 4.69) is 10.3 Å². The van der Waals surface area contributed by atoms with E-state index >= 15 is 0 Å². The number of anilines is 1. The molecule has 0 fully saturated rings. The van der Waals surface area contributed by atoms with Crippen molar-refractivity contribution in [1.82, 2.24) is 4.98 Å². The van der Waals surface area contributed by atoms with Crippen molar-refractivity contribution in [3.8, 4) is 0 Å². The van der Waals surface area contributed by atoms with Crippen LogP contribution in [0, 0.1) is 0 Å². The van der Waals surface area contributed by atoms with E-state index in [0.717, 1.165) is 5.56 Å². The predicted molar refractivity (Wildman–Crippen MR) is 77.4 cm³/mol. The maximum Gasteiger partial charge on any atom is 0.341 e. The summed E-state index contributed by atoms with van der Waals surface area (Å²) in [6.07, 6.45) is 1.61. The van der Waals surface area contributed by atoms with Crippen LogP contribution in [0.25, 0.3) is 0 Å². The van der Waals surface area contributed by atoms with Crippen molar-refractivity contribution in [2.45, 2.75) is 6.04 Å². The molecule has 2 aromatic rings. The minimum Gasteiger partial charge on any atom is -0.465 e. The van der Waals surface area contributed by atoms with Crippen LogP contribution in [0.4, 0.5) is 5.82 Å². The van der Waals surface area contributed by atoms with E-state index in [1.165, 1.54) is 7.11 Å². The summed E-state index contributed by atoms with van der Waals surface area (Å²) in [7, 11) is 1.34. The van der Waals surface area contributed by atoms with E-state index in [-0.39, 0.29) is 6.04 Å². The molecule has 3 N–H and O–H groups in total. The van der Waals surface area contributed by atoms with E-state index in [1.54, 1.807) is 18.3 Å². The largest absolute Gasteiger partial charge is 0.465 e. The van der Waals surface area contributed by atoms with Gasteiger partial charge in [-0.2, -0.15) is 0 Å². The molecular weight excluding hydrogens is 254 g/mol. The number of hydrogen-bond donors (Lipinski definition) is 2. The van der Waals surface area contributed by atoms with Gasteiger partial charge in [0.2, 0.25) is 0 Å². The molecule has 20 heavy (non-hydrogen) atoms. The van der Waals surface area contributed by atoms with Crippen LogP contribution in [-0.2, 0) is 4.74 Å². The Morgan fingerprint density at radius 3 is 2.75 bits per heavy atom. The average Bonchev–Trinajstić information content (AvgIpc) is 2.53. The van der Waals surface area contributed by atoms with Crippen molar-refractivity contribution in [3.05, 3.63) is 59.8 Å². The normalized spacial score (nSPS) is 11.7. The minimum absolute atomic E-state index is 0.177. The predicted octanol–water partition coefficient (Wildman–Crippen LogP) is 1.98. The first kappa shape index (κ1) is 14.0. The van der Waals surface area contributed by atoms with Gasteiger partial charge in [0.1, 0.15) is 11.4 Å². The van der Waals surface area contributed by atoms with Crippen LogP contribution in [0.1, 0.15) is 22.0 Å². The number of carbonyl (C=O) groups excluding carboxylic acids is 1. The van der Waals surface area contributed by atoms with Crippen LogP contribution in [0.2, 0.25) is 0 Å². The molecule has 5 heteroatoms. The van der Waals surface area contributed by atoms with Crippen LogP contribution in [0.15, 0.2) is 48.7 Å². The molecule has 0 aliphatic rings. The lowest BCUT2D eigenvalue weighted by molar-refractivity contribution is 0.0601. The number of rotatable bonds is 5. The van der Waals surface area contributed by atoms with Crippen molar-refractivity contribution >= 4 is 11.8 Å². The van der Waals surface area contributed by atoms with Gasteiger partial charge in [0.25, 0.3) is 0 Å². The van der Waals surface area contributed by atoms with Crippen molar-refractivity contribution in [2.75, 3.05) is 19.0 Å². The number of aromatic nitrogens is 1. The highest BCUT2D eigenvalue weighted by atomic mass is 16.5. The van der Waals surface area contributed by atoms with Crippen LogP contribution in [0.5, 0.6) is 0 Å². The quantitative estimate of drug-likeness (QED) is 0.813. The maximum absolute atomic E-state index is 11.6. The number of ether oxygens (including phenoxy) is 1. The summed E-state index contributed by atoms with van der Waals surface area (Å²) in [6.45, 7) is 0.477.